The number of halogens is 1. The minimum absolute atomic E-state index is 0.0157. The van der Waals surface area contributed by atoms with Crippen LogP contribution in [0, 0.1) is 0 Å². The molecule has 112 valence electrons. The average molecular weight is 365 g/mol. The number of methoxy groups -OCH3 is 1. The van der Waals surface area contributed by atoms with Crippen LogP contribution in [0.2, 0.25) is 0 Å². The first kappa shape index (κ1) is 16.9. The maximum Gasteiger partial charge on any atom is 0.321 e. The van der Waals surface area contributed by atoms with Crippen LogP contribution < -0.4 is 5.73 Å². The highest BCUT2D eigenvalue weighted by atomic mass is 79.9. The van der Waals surface area contributed by atoms with Crippen LogP contribution in [-0.2, 0) is 19.6 Å². The molecule has 2 N–H and O–H groups in total. The van der Waals surface area contributed by atoms with Gasteiger partial charge in [-0.05, 0) is 24.6 Å². The Morgan fingerprint density at radius 3 is 2.60 bits per heavy atom. The van der Waals surface area contributed by atoms with E-state index in [1.807, 2.05) is 6.92 Å². The molecule has 0 unspecified atom stereocenters. The topological polar surface area (TPSA) is 89.7 Å². The van der Waals surface area contributed by atoms with Crippen molar-refractivity contribution in [3.63, 3.8) is 0 Å². The van der Waals surface area contributed by atoms with E-state index in [-0.39, 0.29) is 23.7 Å². The van der Waals surface area contributed by atoms with Gasteiger partial charge in [0, 0.05) is 11.0 Å². The van der Waals surface area contributed by atoms with Gasteiger partial charge in [0.2, 0.25) is 10.0 Å². The first-order chi connectivity index (χ1) is 9.32. The zero-order valence-electron chi connectivity index (χ0n) is 11.3. The van der Waals surface area contributed by atoms with Gasteiger partial charge in [-0.25, -0.2) is 8.42 Å². The second-order valence-electron chi connectivity index (χ2n) is 4.10. The van der Waals surface area contributed by atoms with Crippen LogP contribution in [0.15, 0.2) is 27.6 Å². The van der Waals surface area contributed by atoms with E-state index in [4.69, 9.17) is 5.73 Å². The van der Waals surface area contributed by atoms with Gasteiger partial charge in [-0.1, -0.05) is 22.9 Å². The SMILES string of the molecule is CCCN(CC(=O)OC)S(=O)(=O)c1ccc(Br)cc1N. The molecule has 0 aliphatic rings. The fourth-order valence-corrected chi connectivity index (χ4v) is 3.59. The number of nitrogen functional groups attached to an aromatic ring is 1. The molecule has 0 aliphatic carbocycles. The molecule has 0 saturated carbocycles. The lowest BCUT2D eigenvalue weighted by Crippen LogP contribution is -2.37. The molecule has 0 aromatic heterocycles. The Kier molecular flexibility index (Phi) is 5.97. The number of esters is 1. The lowest BCUT2D eigenvalue weighted by molar-refractivity contribution is -0.140. The minimum atomic E-state index is -3.83. The summed E-state index contributed by atoms with van der Waals surface area (Å²) >= 11 is 3.22. The van der Waals surface area contributed by atoms with Crippen molar-refractivity contribution in [1.82, 2.24) is 4.31 Å². The molecule has 6 nitrogen and oxygen atoms in total. The highest BCUT2D eigenvalue weighted by molar-refractivity contribution is 9.10. The number of carbonyl (C=O) groups is 1. The van der Waals surface area contributed by atoms with Crippen molar-refractivity contribution in [3.8, 4) is 0 Å². The first-order valence-electron chi connectivity index (χ1n) is 5.95. The summed E-state index contributed by atoms with van der Waals surface area (Å²) in [4.78, 5) is 11.3. The highest BCUT2D eigenvalue weighted by Crippen LogP contribution is 2.25. The van der Waals surface area contributed by atoms with Crippen LogP contribution in [0.5, 0.6) is 0 Å². The second-order valence-corrected chi connectivity index (χ2v) is 6.92. The molecule has 0 saturated heterocycles. The van der Waals surface area contributed by atoms with Gasteiger partial charge in [-0.15, -0.1) is 0 Å². The summed E-state index contributed by atoms with van der Waals surface area (Å²) in [5, 5.41) is 0. The van der Waals surface area contributed by atoms with Crippen molar-refractivity contribution in [3.05, 3.63) is 22.7 Å². The third-order valence-electron chi connectivity index (χ3n) is 2.60. The molecule has 20 heavy (non-hydrogen) atoms. The summed E-state index contributed by atoms with van der Waals surface area (Å²) < 4.78 is 31.3. The van der Waals surface area contributed by atoms with Crippen LogP contribution in [0.25, 0.3) is 0 Å². The number of carbonyl (C=O) groups excluding carboxylic acids is 1. The molecule has 0 heterocycles. The first-order valence-corrected chi connectivity index (χ1v) is 8.18. The van der Waals surface area contributed by atoms with Gasteiger partial charge in [0.1, 0.15) is 11.4 Å². The van der Waals surface area contributed by atoms with Crippen LogP contribution in [-0.4, -0.2) is 38.9 Å². The number of nitrogens with zero attached hydrogens (tertiary/aromatic N) is 1. The molecular formula is C12H17BrN2O4S. The molecule has 0 atom stereocenters. The quantitative estimate of drug-likeness (QED) is 0.611. The Hall–Kier alpha value is -1.12. The van der Waals surface area contributed by atoms with Crippen LogP contribution in [0.3, 0.4) is 0 Å². The Morgan fingerprint density at radius 2 is 2.10 bits per heavy atom. The number of hydrogen-bond acceptors (Lipinski definition) is 5. The monoisotopic (exact) mass is 364 g/mol. The summed E-state index contributed by atoms with van der Waals surface area (Å²) in [6, 6.07) is 4.51. The molecule has 0 radical (unpaired) electrons. The third-order valence-corrected chi connectivity index (χ3v) is 5.01. The zero-order valence-corrected chi connectivity index (χ0v) is 13.7. The number of anilines is 1. The number of hydrogen-bond donors (Lipinski definition) is 1. The minimum Gasteiger partial charge on any atom is -0.468 e. The average Bonchev–Trinajstić information content (AvgIpc) is 2.37. The van der Waals surface area contributed by atoms with E-state index in [1.54, 1.807) is 6.07 Å². The molecule has 0 bridgehead atoms. The Balaban J connectivity index is 3.18. The molecular weight excluding hydrogens is 348 g/mol. The molecule has 0 spiro atoms. The smallest absolute Gasteiger partial charge is 0.321 e. The van der Waals surface area contributed by atoms with E-state index >= 15 is 0 Å². The summed E-state index contributed by atoms with van der Waals surface area (Å²) in [6.45, 7) is 1.71. The van der Waals surface area contributed by atoms with Gasteiger partial charge in [0.25, 0.3) is 0 Å². The number of ether oxygens (including phenoxy) is 1. The van der Waals surface area contributed by atoms with E-state index in [0.29, 0.717) is 10.9 Å². The Labute approximate surface area is 127 Å². The van der Waals surface area contributed by atoms with Crippen molar-refractivity contribution >= 4 is 37.6 Å². The largest absolute Gasteiger partial charge is 0.468 e. The van der Waals surface area contributed by atoms with Crippen LogP contribution >= 0.6 is 15.9 Å². The molecule has 1 aromatic carbocycles. The number of benzene rings is 1. The summed E-state index contributed by atoms with van der Waals surface area (Å²) in [5.74, 6) is -0.613. The van der Waals surface area contributed by atoms with Crippen molar-refractivity contribution in [2.75, 3.05) is 25.9 Å². The molecule has 0 aliphatic heterocycles. The van der Waals surface area contributed by atoms with E-state index in [2.05, 4.69) is 20.7 Å². The fraction of sp³-hybridized carbons (Fsp3) is 0.417. The lowest BCUT2D eigenvalue weighted by Gasteiger charge is -2.21. The van der Waals surface area contributed by atoms with E-state index < -0.39 is 16.0 Å². The van der Waals surface area contributed by atoms with Crippen molar-refractivity contribution in [2.45, 2.75) is 18.2 Å². The standard InChI is InChI=1S/C12H17BrN2O4S/c1-3-6-15(8-12(16)19-2)20(17,18)11-5-4-9(13)7-10(11)14/h4-5,7H,3,6,8,14H2,1-2H3. The number of nitrogens with two attached hydrogens (primary N) is 1. The van der Waals surface area contributed by atoms with Gasteiger partial charge in [0.15, 0.2) is 0 Å². The van der Waals surface area contributed by atoms with Crippen molar-refractivity contribution in [2.24, 2.45) is 0 Å². The van der Waals surface area contributed by atoms with Crippen molar-refractivity contribution < 1.29 is 17.9 Å². The highest BCUT2D eigenvalue weighted by Gasteiger charge is 2.28. The normalized spacial score (nSPS) is 11.6. The Morgan fingerprint density at radius 1 is 1.45 bits per heavy atom. The summed E-state index contributed by atoms with van der Waals surface area (Å²) in [7, 11) is -2.61. The van der Waals surface area contributed by atoms with E-state index in [1.165, 1.54) is 19.2 Å². The van der Waals surface area contributed by atoms with E-state index in [9.17, 15) is 13.2 Å². The fourth-order valence-electron chi connectivity index (χ4n) is 1.64. The molecule has 1 aromatic rings. The number of rotatable bonds is 6. The summed E-state index contributed by atoms with van der Waals surface area (Å²) in [6.07, 6.45) is 0.576. The third kappa shape index (κ3) is 3.94. The predicted molar refractivity (Wildman–Crippen MR) is 79.6 cm³/mol. The predicted octanol–water partition coefficient (Wildman–Crippen LogP) is 1.60. The van der Waals surface area contributed by atoms with Gasteiger partial charge >= 0.3 is 5.97 Å². The second kappa shape index (κ2) is 7.05. The van der Waals surface area contributed by atoms with Gasteiger partial charge in [-0.2, -0.15) is 4.31 Å². The number of sulfonamides is 1. The maximum atomic E-state index is 12.5. The van der Waals surface area contributed by atoms with Crippen molar-refractivity contribution in [1.29, 1.82) is 0 Å². The molecule has 1 rings (SSSR count). The van der Waals surface area contributed by atoms with Gasteiger partial charge in [-0.3, -0.25) is 4.79 Å². The van der Waals surface area contributed by atoms with E-state index in [0.717, 1.165) is 4.31 Å². The zero-order chi connectivity index (χ0) is 15.3. The molecule has 0 fully saturated rings. The lowest BCUT2D eigenvalue weighted by atomic mass is 10.3. The summed E-state index contributed by atoms with van der Waals surface area (Å²) in [5.41, 5.74) is 5.88. The van der Waals surface area contributed by atoms with Gasteiger partial charge in [0.05, 0.1) is 12.8 Å². The molecule has 0 amide bonds. The Bertz CT molecular complexity index is 589. The van der Waals surface area contributed by atoms with Crippen LogP contribution in [0.1, 0.15) is 13.3 Å². The van der Waals surface area contributed by atoms with Crippen LogP contribution in [0.4, 0.5) is 5.69 Å². The maximum absolute atomic E-state index is 12.5. The molecule has 8 heteroatoms. The van der Waals surface area contributed by atoms with Gasteiger partial charge < -0.3 is 10.5 Å².